The Kier molecular flexibility index (Phi) is 4.43. The molecule has 0 saturated heterocycles. The number of carbonyl (C=O) groups is 1. The molecular formula is C15H18ClNO. The number of benzene rings is 1. The smallest absolute Gasteiger partial charge is 0.223 e. The second kappa shape index (κ2) is 6.05. The Morgan fingerprint density at radius 3 is 2.72 bits per heavy atom. The van der Waals surface area contributed by atoms with Crippen molar-refractivity contribution in [3.8, 4) is 0 Å². The summed E-state index contributed by atoms with van der Waals surface area (Å²) in [5.74, 6) is 0.645. The lowest BCUT2D eigenvalue weighted by Gasteiger charge is -2.19. The van der Waals surface area contributed by atoms with Crippen LogP contribution in [0.1, 0.15) is 24.8 Å². The van der Waals surface area contributed by atoms with E-state index >= 15 is 0 Å². The maximum absolute atomic E-state index is 12.0. The standard InChI is InChI=1S/C15H18ClNO/c1-17(11-13-6-8-14(16)9-7-13)15(18)10-12-4-2-3-5-12/h2,4,6-9,12H,3,5,10-11H2,1H3. The third-order valence-corrected chi connectivity index (χ3v) is 3.56. The van der Waals surface area contributed by atoms with Crippen molar-refractivity contribution in [3.05, 3.63) is 47.0 Å². The molecule has 1 aromatic rings. The molecule has 0 spiro atoms. The molecule has 0 radical (unpaired) electrons. The molecule has 2 nitrogen and oxygen atoms in total. The minimum absolute atomic E-state index is 0.210. The summed E-state index contributed by atoms with van der Waals surface area (Å²) >= 11 is 5.84. The molecule has 1 aliphatic carbocycles. The summed E-state index contributed by atoms with van der Waals surface area (Å²) in [6, 6.07) is 7.63. The van der Waals surface area contributed by atoms with E-state index in [2.05, 4.69) is 12.2 Å². The third kappa shape index (κ3) is 3.61. The fraction of sp³-hybridized carbons (Fsp3) is 0.400. The number of nitrogens with zero attached hydrogens (tertiary/aromatic N) is 1. The van der Waals surface area contributed by atoms with Crippen molar-refractivity contribution in [2.24, 2.45) is 5.92 Å². The van der Waals surface area contributed by atoms with E-state index in [0.29, 0.717) is 18.9 Å². The van der Waals surface area contributed by atoms with E-state index in [1.165, 1.54) is 0 Å². The van der Waals surface area contributed by atoms with Crippen LogP contribution in [-0.4, -0.2) is 17.9 Å². The monoisotopic (exact) mass is 263 g/mol. The van der Waals surface area contributed by atoms with Gasteiger partial charge in [0.2, 0.25) is 5.91 Å². The number of allylic oxidation sites excluding steroid dienone is 2. The van der Waals surface area contributed by atoms with Gasteiger partial charge < -0.3 is 4.90 Å². The van der Waals surface area contributed by atoms with E-state index in [-0.39, 0.29) is 5.91 Å². The first-order valence-electron chi connectivity index (χ1n) is 6.30. The maximum atomic E-state index is 12.0. The molecule has 1 amide bonds. The fourth-order valence-electron chi connectivity index (χ4n) is 2.20. The molecule has 0 aromatic heterocycles. The first-order valence-corrected chi connectivity index (χ1v) is 6.68. The van der Waals surface area contributed by atoms with Crippen molar-refractivity contribution in [2.45, 2.75) is 25.8 Å². The summed E-state index contributed by atoms with van der Waals surface area (Å²) in [4.78, 5) is 13.8. The zero-order valence-corrected chi connectivity index (χ0v) is 11.4. The third-order valence-electron chi connectivity index (χ3n) is 3.31. The van der Waals surface area contributed by atoms with Gasteiger partial charge in [-0.2, -0.15) is 0 Å². The molecule has 1 unspecified atom stereocenters. The van der Waals surface area contributed by atoms with E-state index in [9.17, 15) is 4.79 Å². The van der Waals surface area contributed by atoms with Gasteiger partial charge in [0.15, 0.2) is 0 Å². The molecule has 18 heavy (non-hydrogen) atoms. The lowest BCUT2D eigenvalue weighted by atomic mass is 10.0. The van der Waals surface area contributed by atoms with Crippen molar-refractivity contribution in [1.29, 1.82) is 0 Å². The summed E-state index contributed by atoms with van der Waals surface area (Å²) in [6.45, 7) is 0.645. The molecule has 1 aliphatic rings. The number of halogens is 1. The quantitative estimate of drug-likeness (QED) is 0.760. The normalized spacial score (nSPS) is 18.0. The second-order valence-electron chi connectivity index (χ2n) is 4.85. The van der Waals surface area contributed by atoms with Gasteiger partial charge in [-0.25, -0.2) is 0 Å². The molecular weight excluding hydrogens is 246 g/mol. The highest BCUT2D eigenvalue weighted by atomic mass is 35.5. The van der Waals surface area contributed by atoms with Gasteiger partial charge in [-0.3, -0.25) is 4.79 Å². The minimum atomic E-state index is 0.210. The lowest BCUT2D eigenvalue weighted by molar-refractivity contribution is -0.131. The molecule has 1 aromatic carbocycles. The Morgan fingerprint density at radius 2 is 2.11 bits per heavy atom. The van der Waals surface area contributed by atoms with E-state index in [4.69, 9.17) is 11.6 Å². The van der Waals surface area contributed by atoms with Crippen molar-refractivity contribution < 1.29 is 4.79 Å². The number of hydrogen-bond acceptors (Lipinski definition) is 1. The van der Waals surface area contributed by atoms with Crippen molar-refractivity contribution in [1.82, 2.24) is 4.90 Å². The van der Waals surface area contributed by atoms with Crippen LogP contribution >= 0.6 is 11.6 Å². The number of rotatable bonds is 4. The predicted molar refractivity (Wildman–Crippen MR) is 74.4 cm³/mol. The first kappa shape index (κ1) is 13.2. The molecule has 0 saturated carbocycles. The molecule has 0 N–H and O–H groups in total. The molecule has 2 rings (SSSR count). The van der Waals surface area contributed by atoms with Crippen LogP contribution in [0.2, 0.25) is 5.02 Å². The number of amides is 1. The Hall–Kier alpha value is -1.28. The van der Waals surface area contributed by atoms with Gasteiger partial charge in [0.05, 0.1) is 0 Å². The van der Waals surface area contributed by atoms with Gasteiger partial charge in [0.1, 0.15) is 0 Å². The first-order chi connectivity index (χ1) is 8.65. The van der Waals surface area contributed by atoms with Crippen LogP contribution < -0.4 is 0 Å². The lowest BCUT2D eigenvalue weighted by Crippen LogP contribution is -2.27. The van der Waals surface area contributed by atoms with Crippen molar-refractivity contribution in [3.63, 3.8) is 0 Å². The molecule has 3 heteroatoms. The van der Waals surface area contributed by atoms with Crippen molar-refractivity contribution in [2.75, 3.05) is 7.05 Å². The van der Waals surface area contributed by atoms with Gasteiger partial charge in [0, 0.05) is 25.0 Å². The van der Waals surface area contributed by atoms with E-state index in [1.807, 2.05) is 31.3 Å². The van der Waals surface area contributed by atoms with Crippen LogP contribution in [0.3, 0.4) is 0 Å². The number of hydrogen-bond donors (Lipinski definition) is 0. The Morgan fingerprint density at radius 1 is 1.39 bits per heavy atom. The summed E-state index contributed by atoms with van der Waals surface area (Å²) in [5.41, 5.74) is 1.11. The van der Waals surface area contributed by atoms with Crippen LogP contribution in [0.15, 0.2) is 36.4 Å². The minimum Gasteiger partial charge on any atom is -0.341 e. The second-order valence-corrected chi connectivity index (χ2v) is 5.28. The van der Waals surface area contributed by atoms with Gasteiger partial charge >= 0.3 is 0 Å². The average Bonchev–Trinajstić information content (AvgIpc) is 2.85. The number of carbonyl (C=O) groups excluding carboxylic acids is 1. The van der Waals surface area contributed by atoms with Gasteiger partial charge in [-0.15, -0.1) is 0 Å². The zero-order chi connectivity index (χ0) is 13.0. The summed E-state index contributed by atoms with van der Waals surface area (Å²) in [7, 11) is 1.86. The highest BCUT2D eigenvalue weighted by molar-refractivity contribution is 6.30. The van der Waals surface area contributed by atoms with Gasteiger partial charge in [-0.1, -0.05) is 35.9 Å². The molecule has 1 atom stereocenters. The SMILES string of the molecule is CN(Cc1ccc(Cl)cc1)C(=O)CC1C=CCC1. The van der Waals surface area contributed by atoms with Gasteiger partial charge in [-0.05, 0) is 36.5 Å². The average molecular weight is 264 g/mol. The van der Waals surface area contributed by atoms with E-state index < -0.39 is 0 Å². The van der Waals surface area contributed by atoms with E-state index in [1.54, 1.807) is 4.90 Å². The highest BCUT2D eigenvalue weighted by Crippen LogP contribution is 2.21. The molecule has 0 fully saturated rings. The molecule has 0 aliphatic heterocycles. The Bertz CT molecular complexity index is 438. The Balaban J connectivity index is 1.86. The highest BCUT2D eigenvalue weighted by Gasteiger charge is 2.16. The summed E-state index contributed by atoms with van der Waals surface area (Å²) < 4.78 is 0. The molecule has 96 valence electrons. The van der Waals surface area contributed by atoms with Gasteiger partial charge in [0.25, 0.3) is 0 Å². The Labute approximate surface area is 113 Å². The predicted octanol–water partition coefficient (Wildman–Crippen LogP) is 3.65. The van der Waals surface area contributed by atoms with Crippen LogP contribution in [0, 0.1) is 5.92 Å². The zero-order valence-electron chi connectivity index (χ0n) is 10.6. The van der Waals surface area contributed by atoms with Crippen LogP contribution in [-0.2, 0) is 11.3 Å². The van der Waals surface area contributed by atoms with E-state index in [0.717, 1.165) is 23.4 Å². The topological polar surface area (TPSA) is 20.3 Å². The van der Waals surface area contributed by atoms with Crippen LogP contribution in [0.5, 0.6) is 0 Å². The summed E-state index contributed by atoms with van der Waals surface area (Å²) in [5, 5.41) is 0.726. The van der Waals surface area contributed by atoms with Crippen LogP contribution in [0.4, 0.5) is 0 Å². The largest absolute Gasteiger partial charge is 0.341 e. The maximum Gasteiger partial charge on any atom is 0.223 e. The fourth-order valence-corrected chi connectivity index (χ4v) is 2.32. The van der Waals surface area contributed by atoms with Crippen molar-refractivity contribution >= 4 is 17.5 Å². The molecule has 0 heterocycles. The molecule has 0 bridgehead atoms. The summed E-state index contributed by atoms with van der Waals surface area (Å²) in [6.07, 6.45) is 7.17. The van der Waals surface area contributed by atoms with Crippen LogP contribution in [0.25, 0.3) is 0 Å².